The Morgan fingerprint density at radius 2 is 2.00 bits per heavy atom. The van der Waals surface area contributed by atoms with Gasteiger partial charge < -0.3 is 4.52 Å². The van der Waals surface area contributed by atoms with Gasteiger partial charge in [-0.3, -0.25) is 4.98 Å². The van der Waals surface area contributed by atoms with Crippen molar-refractivity contribution in [3.05, 3.63) is 29.8 Å². The highest BCUT2D eigenvalue weighted by Gasteiger charge is 2.34. The smallest absolute Gasteiger partial charge is 0.259 e. The molecule has 24 heavy (non-hydrogen) atoms. The van der Waals surface area contributed by atoms with E-state index < -0.39 is 9.84 Å². The molecule has 6 nitrogen and oxygen atoms in total. The van der Waals surface area contributed by atoms with Gasteiger partial charge in [-0.05, 0) is 36.8 Å². The van der Waals surface area contributed by atoms with Crippen LogP contribution in [0.3, 0.4) is 0 Å². The number of aromatic nitrogens is 3. The lowest BCUT2D eigenvalue weighted by Crippen LogP contribution is -2.30. The highest BCUT2D eigenvalue weighted by atomic mass is 32.2. The average molecular weight is 349 g/mol. The molecule has 130 valence electrons. The molecule has 0 saturated carbocycles. The van der Waals surface area contributed by atoms with Gasteiger partial charge in [0.15, 0.2) is 15.7 Å². The van der Waals surface area contributed by atoms with Gasteiger partial charge in [0.05, 0.1) is 16.6 Å². The molecule has 0 radical (unpaired) electrons. The summed E-state index contributed by atoms with van der Waals surface area (Å²) in [4.78, 5) is 8.77. The number of pyridine rings is 1. The van der Waals surface area contributed by atoms with Gasteiger partial charge in [-0.2, -0.15) is 4.98 Å². The quantitative estimate of drug-likeness (QED) is 0.828. The Kier molecular flexibility index (Phi) is 4.23. The van der Waals surface area contributed by atoms with Gasteiger partial charge in [-0.25, -0.2) is 8.42 Å². The molecule has 1 fully saturated rings. The molecule has 0 spiro atoms. The van der Waals surface area contributed by atoms with Gasteiger partial charge in [0.1, 0.15) is 0 Å². The van der Waals surface area contributed by atoms with Crippen LogP contribution in [0.1, 0.15) is 57.8 Å². The second-order valence-electron chi connectivity index (χ2n) is 7.57. The third kappa shape index (κ3) is 3.36. The van der Waals surface area contributed by atoms with Crippen molar-refractivity contribution >= 4 is 9.84 Å². The zero-order chi connectivity index (χ0) is 17.5. The Morgan fingerprint density at radius 1 is 1.25 bits per heavy atom. The minimum atomic E-state index is -2.97. The average Bonchev–Trinajstić information content (AvgIpc) is 2.99. The summed E-state index contributed by atoms with van der Waals surface area (Å²) >= 11 is 0. The van der Waals surface area contributed by atoms with Crippen molar-refractivity contribution in [2.24, 2.45) is 0 Å². The van der Waals surface area contributed by atoms with Gasteiger partial charge in [0.2, 0.25) is 0 Å². The van der Waals surface area contributed by atoms with E-state index in [-0.39, 0.29) is 22.3 Å². The van der Waals surface area contributed by atoms with Crippen molar-refractivity contribution in [2.75, 3.05) is 5.75 Å². The fourth-order valence-corrected chi connectivity index (χ4v) is 4.43. The Bertz CT molecular complexity index is 837. The molecule has 1 saturated heterocycles. The maximum Gasteiger partial charge on any atom is 0.259 e. The van der Waals surface area contributed by atoms with Crippen molar-refractivity contribution in [1.82, 2.24) is 15.1 Å². The largest absolute Gasteiger partial charge is 0.334 e. The maximum absolute atomic E-state index is 11.8. The topological polar surface area (TPSA) is 85.9 Å². The molecular weight excluding hydrogens is 326 g/mol. The molecule has 3 rings (SSSR count). The molecule has 1 aliphatic heterocycles. The lowest BCUT2D eigenvalue weighted by molar-refractivity contribution is 0.407. The summed E-state index contributed by atoms with van der Waals surface area (Å²) in [5.74, 6) is 1.24. The lowest BCUT2D eigenvalue weighted by Gasteiger charge is -2.24. The van der Waals surface area contributed by atoms with E-state index in [9.17, 15) is 8.42 Å². The number of nitrogens with zero attached hydrogens (tertiary/aromatic N) is 3. The van der Waals surface area contributed by atoms with Crippen LogP contribution >= 0.6 is 0 Å². The first kappa shape index (κ1) is 17.1. The van der Waals surface area contributed by atoms with Crippen LogP contribution in [0.4, 0.5) is 0 Å². The molecule has 0 aromatic carbocycles. The van der Waals surface area contributed by atoms with Crippen LogP contribution < -0.4 is 0 Å². The Labute approximate surface area is 142 Å². The number of rotatable bonds is 2. The Hall–Kier alpha value is -1.76. The summed E-state index contributed by atoms with van der Waals surface area (Å²) in [6, 6.07) is 2.01. The third-order valence-electron chi connectivity index (χ3n) is 4.64. The fourth-order valence-electron chi connectivity index (χ4n) is 2.89. The van der Waals surface area contributed by atoms with Crippen LogP contribution in [-0.4, -0.2) is 34.5 Å². The molecule has 0 unspecified atom stereocenters. The summed E-state index contributed by atoms with van der Waals surface area (Å²) in [5.41, 5.74) is 1.87. The lowest BCUT2D eigenvalue weighted by atomic mass is 9.88. The van der Waals surface area contributed by atoms with Crippen molar-refractivity contribution in [3.63, 3.8) is 0 Å². The molecular formula is C17H23N3O3S. The van der Waals surface area contributed by atoms with Crippen LogP contribution in [0.2, 0.25) is 0 Å². The molecule has 7 heteroatoms. The molecule has 0 N–H and O–H groups in total. The molecule has 1 aliphatic rings. The zero-order valence-corrected chi connectivity index (χ0v) is 15.3. The summed E-state index contributed by atoms with van der Waals surface area (Å²) < 4.78 is 29.1. The second kappa shape index (κ2) is 5.95. The first-order valence-electron chi connectivity index (χ1n) is 8.18. The first-order valence-corrected chi connectivity index (χ1v) is 9.89. The summed E-state index contributed by atoms with van der Waals surface area (Å²) in [7, 11) is -2.97. The van der Waals surface area contributed by atoms with Crippen molar-refractivity contribution in [1.29, 1.82) is 0 Å². The van der Waals surface area contributed by atoms with E-state index in [0.29, 0.717) is 24.6 Å². The van der Waals surface area contributed by atoms with Gasteiger partial charge in [0.25, 0.3) is 5.89 Å². The van der Waals surface area contributed by atoms with E-state index in [1.54, 1.807) is 13.1 Å². The summed E-state index contributed by atoms with van der Waals surface area (Å²) in [6.45, 7) is 8.11. The SMILES string of the molecule is C[C@@H]1C[C@@H](c2noc(-c3cncc(C(C)(C)C)c3)n2)CCS1(=O)=O. The maximum atomic E-state index is 11.8. The minimum absolute atomic E-state index is 0.0149. The van der Waals surface area contributed by atoms with Crippen LogP contribution in [0.15, 0.2) is 23.0 Å². The van der Waals surface area contributed by atoms with Crippen LogP contribution in [-0.2, 0) is 15.3 Å². The van der Waals surface area contributed by atoms with E-state index in [1.807, 2.05) is 12.3 Å². The van der Waals surface area contributed by atoms with E-state index in [4.69, 9.17) is 4.52 Å². The fraction of sp³-hybridized carbons (Fsp3) is 0.588. The second-order valence-corrected chi connectivity index (χ2v) is 10.1. The van der Waals surface area contributed by atoms with Gasteiger partial charge in [-0.1, -0.05) is 25.9 Å². The van der Waals surface area contributed by atoms with Crippen LogP contribution in [0.25, 0.3) is 11.5 Å². The third-order valence-corrected chi connectivity index (χ3v) is 6.86. The van der Waals surface area contributed by atoms with E-state index in [2.05, 4.69) is 35.9 Å². The Balaban J connectivity index is 1.84. The van der Waals surface area contributed by atoms with E-state index in [0.717, 1.165) is 11.1 Å². The standard InChI is InChI=1S/C17H23N3O3S/c1-11-7-12(5-6-24(11,21)22)15-19-16(23-20-15)13-8-14(10-18-9-13)17(2,3)4/h8-12H,5-7H2,1-4H3/t11-,12+/m1/s1. The monoisotopic (exact) mass is 349 g/mol. The van der Waals surface area contributed by atoms with Crippen molar-refractivity contribution in [3.8, 4) is 11.5 Å². The van der Waals surface area contributed by atoms with E-state index >= 15 is 0 Å². The van der Waals surface area contributed by atoms with Gasteiger partial charge >= 0.3 is 0 Å². The number of hydrogen-bond acceptors (Lipinski definition) is 6. The normalized spacial score (nSPS) is 24.0. The molecule has 2 aromatic heterocycles. The van der Waals surface area contributed by atoms with Gasteiger partial charge in [0, 0.05) is 18.3 Å². The molecule has 2 aromatic rings. The highest BCUT2D eigenvalue weighted by molar-refractivity contribution is 7.92. The number of hydrogen-bond donors (Lipinski definition) is 0. The van der Waals surface area contributed by atoms with Crippen molar-refractivity contribution < 1.29 is 12.9 Å². The van der Waals surface area contributed by atoms with E-state index in [1.165, 1.54) is 0 Å². The predicted octanol–water partition coefficient (Wildman–Crippen LogP) is 3.11. The molecule has 0 amide bonds. The minimum Gasteiger partial charge on any atom is -0.334 e. The molecule has 0 bridgehead atoms. The van der Waals surface area contributed by atoms with Crippen molar-refractivity contribution in [2.45, 2.75) is 57.1 Å². The molecule has 3 heterocycles. The Morgan fingerprint density at radius 3 is 2.67 bits per heavy atom. The van der Waals surface area contributed by atoms with Crippen LogP contribution in [0.5, 0.6) is 0 Å². The predicted molar refractivity (Wildman–Crippen MR) is 91.5 cm³/mol. The molecule has 2 atom stereocenters. The summed E-state index contributed by atoms with van der Waals surface area (Å²) in [5, 5.41) is 3.72. The highest BCUT2D eigenvalue weighted by Crippen LogP contribution is 2.33. The van der Waals surface area contributed by atoms with Crippen LogP contribution in [0, 0.1) is 0 Å². The van der Waals surface area contributed by atoms with Gasteiger partial charge in [-0.15, -0.1) is 0 Å². The summed E-state index contributed by atoms with van der Waals surface area (Å²) in [6.07, 6.45) is 4.64. The zero-order valence-electron chi connectivity index (χ0n) is 14.5. The first-order chi connectivity index (χ1) is 11.2. The number of sulfone groups is 1. The molecule has 0 aliphatic carbocycles.